The molecule has 3 saturated carbocycles. The third-order valence-electron chi connectivity index (χ3n) is 8.46. The van der Waals surface area contributed by atoms with E-state index in [9.17, 15) is 14.7 Å². The molecule has 132 valence electrons. The molecule has 3 fully saturated rings. The molecule has 4 rings (SSSR count). The van der Waals surface area contributed by atoms with Gasteiger partial charge in [-0.2, -0.15) is 0 Å². The molecule has 0 heterocycles. The Balaban J connectivity index is 1.82. The Hall–Kier alpha value is -1.12. The van der Waals surface area contributed by atoms with Gasteiger partial charge in [-0.3, -0.25) is 9.59 Å². The van der Waals surface area contributed by atoms with E-state index in [4.69, 9.17) is 0 Å². The molecule has 0 aromatic carbocycles. The highest BCUT2D eigenvalue weighted by Crippen LogP contribution is 2.69. The molecule has 2 bridgehead atoms. The summed E-state index contributed by atoms with van der Waals surface area (Å²) in [5.41, 5.74) is 1.13. The number of carbonyl (C=O) groups excluding carboxylic acids is 1. The zero-order valence-electron chi connectivity index (χ0n) is 15.2. The molecule has 24 heavy (non-hydrogen) atoms. The van der Waals surface area contributed by atoms with Gasteiger partial charge in [-0.15, -0.1) is 0 Å². The normalized spacial score (nSPS) is 50.5. The number of hydrogen-bond acceptors (Lipinski definition) is 2. The second kappa shape index (κ2) is 4.95. The van der Waals surface area contributed by atoms with Crippen LogP contribution in [-0.2, 0) is 9.59 Å². The van der Waals surface area contributed by atoms with Crippen LogP contribution in [0.2, 0.25) is 0 Å². The van der Waals surface area contributed by atoms with Crippen molar-refractivity contribution in [2.45, 2.75) is 72.1 Å². The van der Waals surface area contributed by atoms with Gasteiger partial charge in [0, 0.05) is 12.3 Å². The number of hydrogen-bond donors (Lipinski definition) is 1. The first-order valence-corrected chi connectivity index (χ1v) is 9.72. The summed E-state index contributed by atoms with van der Waals surface area (Å²) in [4.78, 5) is 24.4. The smallest absolute Gasteiger partial charge is 0.309 e. The third-order valence-corrected chi connectivity index (χ3v) is 8.46. The molecule has 3 nitrogen and oxygen atoms in total. The van der Waals surface area contributed by atoms with Gasteiger partial charge in [0.25, 0.3) is 0 Å². The highest BCUT2D eigenvalue weighted by Gasteiger charge is 2.62. The Bertz CT molecular complexity index is 635. The van der Waals surface area contributed by atoms with Gasteiger partial charge in [-0.25, -0.2) is 0 Å². The lowest BCUT2D eigenvalue weighted by Crippen LogP contribution is -2.57. The molecule has 3 heteroatoms. The first-order chi connectivity index (χ1) is 11.2. The van der Waals surface area contributed by atoms with Crippen LogP contribution in [0.1, 0.15) is 72.1 Å². The summed E-state index contributed by atoms with van der Waals surface area (Å²) in [6, 6.07) is 0. The van der Waals surface area contributed by atoms with Crippen LogP contribution in [0.15, 0.2) is 11.6 Å². The molecule has 4 aliphatic carbocycles. The molecule has 0 aromatic heterocycles. The van der Waals surface area contributed by atoms with Crippen molar-refractivity contribution in [2.24, 2.45) is 34.0 Å². The Morgan fingerprint density at radius 2 is 1.96 bits per heavy atom. The van der Waals surface area contributed by atoms with Gasteiger partial charge in [0.1, 0.15) is 5.78 Å². The molecular weight excluding hydrogens is 300 g/mol. The largest absolute Gasteiger partial charge is 0.481 e. The molecule has 0 radical (unpaired) electrons. The summed E-state index contributed by atoms with van der Waals surface area (Å²) >= 11 is 0. The number of Topliss-reactive ketones (excluding diaryl/α,β-unsaturated/α-hetero) is 1. The number of allylic oxidation sites excluding steroid dienone is 2. The van der Waals surface area contributed by atoms with E-state index < -0.39 is 11.4 Å². The maximum atomic E-state index is 12.3. The fourth-order valence-corrected chi connectivity index (χ4v) is 7.13. The lowest BCUT2D eigenvalue weighted by atomic mass is 9.41. The van der Waals surface area contributed by atoms with Crippen LogP contribution in [0.3, 0.4) is 0 Å². The summed E-state index contributed by atoms with van der Waals surface area (Å²) in [5.74, 6) is 0.589. The molecule has 1 N–H and O–H groups in total. The third kappa shape index (κ3) is 1.90. The summed E-state index contributed by atoms with van der Waals surface area (Å²) < 4.78 is 0. The molecular formula is C21H30O3. The van der Waals surface area contributed by atoms with Crippen molar-refractivity contribution >= 4 is 11.8 Å². The van der Waals surface area contributed by atoms with Crippen LogP contribution in [0.25, 0.3) is 0 Å². The monoisotopic (exact) mass is 330 g/mol. The maximum absolute atomic E-state index is 12.3. The topological polar surface area (TPSA) is 54.4 Å². The quantitative estimate of drug-likeness (QED) is 0.714. The van der Waals surface area contributed by atoms with Crippen LogP contribution < -0.4 is 0 Å². The Labute approximate surface area is 144 Å². The van der Waals surface area contributed by atoms with Gasteiger partial charge in [0.15, 0.2) is 0 Å². The first-order valence-electron chi connectivity index (χ1n) is 9.72. The number of ketones is 1. The lowest BCUT2D eigenvalue weighted by molar-refractivity contribution is -0.162. The number of rotatable bonds is 1. The number of carbonyl (C=O) groups is 2. The number of aliphatic carboxylic acids is 1. The van der Waals surface area contributed by atoms with Crippen molar-refractivity contribution < 1.29 is 14.7 Å². The molecule has 4 aliphatic rings. The number of fused-ring (bicyclic) bond motifs is 3. The number of carboxylic acid groups (broad SMARTS) is 1. The van der Waals surface area contributed by atoms with Crippen molar-refractivity contribution in [3.8, 4) is 0 Å². The predicted octanol–water partition coefficient (Wildman–Crippen LogP) is 4.61. The Kier molecular flexibility index (Phi) is 3.38. The van der Waals surface area contributed by atoms with Crippen molar-refractivity contribution in [1.82, 2.24) is 0 Å². The highest BCUT2D eigenvalue weighted by atomic mass is 16.4. The fraction of sp³-hybridized carbons (Fsp3) is 0.810. The van der Waals surface area contributed by atoms with E-state index in [1.807, 2.05) is 6.92 Å². The molecule has 1 spiro atoms. The van der Waals surface area contributed by atoms with Gasteiger partial charge >= 0.3 is 5.97 Å². The van der Waals surface area contributed by atoms with Gasteiger partial charge in [0.2, 0.25) is 0 Å². The van der Waals surface area contributed by atoms with Crippen molar-refractivity contribution in [3.05, 3.63) is 11.6 Å². The van der Waals surface area contributed by atoms with Gasteiger partial charge in [-0.05, 0) is 68.1 Å². The van der Waals surface area contributed by atoms with Crippen LogP contribution in [0.5, 0.6) is 0 Å². The lowest BCUT2D eigenvalue weighted by Gasteiger charge is -2.63. The van der Waals surface area contributed by atoms with Crippen molar-refractivity contribution in [2.75, 3.05) is 0 Å². The van der Waals surface area contributed by atoms with Crippen molar-refractivity contribution in [1.29, 1.82) is 0 Å². The SMILES string of the molecule is C[C@H]1C=C2[C@]3(CCC(=O)[C@@H]1C3)CC[C@@H]1[C@](C)(C(=O)O)CCC[C@@]21C. The fourth-order valence-electron chi connectivity index (χ4n) is 7.13. The average Bonchev–Trinajstić information content (AvgIpc) is 2.52. The van der Waals surface area contributed by atoms with Crippen LogP contribution in [0, 0.1) is 34.0 Å². The molecule has 0 unspecified atom stereocenters. The predicted molar refractivity (Wildman–Crippen MR) is 92.5 cm³/mol. The van der Waals surface area contributed by atoms with E-state index in [-0.39, 0.29) is 22.7 Å². The minimum absolute atomic E-state index is 0.00323. The van der Waals surface area contributed by atoms with Crippen LogP contribution >= 0.6 is 0 Å². The van der Waals surface area contributed by atoms with E-state index in [1.165, 1.54) is 5.57 Å². The molecule has 0 saturated heterocycles. The summed E-state index contributed by atoms with van der Waals surface area (Å²) in [6.07, 6.45) is 10.1. The highest BCUT2D eigenvalue weighted by molar-refractivity contribution is 5.83. The Morgan fingerprint density at radius 1 is 1.21 bits per heavy atom. The summed E-state index contributed by atoms with van der Waals surface area (Å²) in [6.45, 7) is 6.51. The van der Waals surface area contributed by atoms with Gasteiger partial charge in [-0.1, -0.05) is 31.9 Å². The minimum Gasteiger partial charge on any atom is -0.481 e. The average molecular weight is 330 g/mol. The molecule has 6 atom stereocenters. The summed E-state index contributed by atoms with van der Waals surface area (Å²) in [7, 11) is 0. The van der Waals surface area contributed by atoms with E-state index in [2.05, 4.69) is 19.9 Å². The Morgan fingerprint density at radius 3 is 2.67 bits per heavy atom. The second-order valence-corrected chi connectivity index (χ2v) is 9.58. The second-order valence-electron chi connectivity index (χ2n) is 9.58. The standard InChI is InChI=1S/C21H30O3/c1-13-11-17-19(2)7-4-8-20(3,18(23)24)16(19)6-10-21(17)9-5-15(22)14(13)12-21/h11,13-14,16H,4-10,12H2,1-3H3,(H,23,24)/t13-,14+,16-,19+,20+,21+/m0/s1. The maximum Gasteiger partial charge on any atom is 0.309 e. The van der Waals surface area contributed by atoms with Gasteiger partial charge in [0.05, 0.1) is 5.41 Å². The van der Waals surface area contributed by atoms with Crippen molar-refractivity contribution in [3.63, 3.8) is 0 Å². The van der Waals surface area contributed by atoms with Crippen LogP contribution in [-0.4, -0.2) is 16.9 Å². The zero-order chi connectivity index (χ0) is 17.3. The summed E-state index contributed by atoms with van der Waals surface area (Å²) in [5, 5.41) is 9.94. The van der Waals surface area contributed by atoms with Gasteiger partial charge < -0.3 is 5.11 Å². The first kappa shape index (κ1) is 16.4. The molecule has 0 aliphatic heterocycles. The van der Waals surface area contributed by atoms with E-state index in [0.717, 1.165) is 51.4 Å². The zero-order valence-corrected chi connectivity index (χ0v) is 15.2. The van der Waals surface area contributed by atoms with E-state index in [0.29, 0.717) is 11.7 Å². The molecule has 0 amide bonds. The number of carboxylic acids is 1. The van der Waals surface area contributed by atoms with Crippen LogP contribution in [0.4, 0.5) is 0 Å². The minimum atomic E-state index is -0.615. The van der Waals surface area contributed by atoms with E-state index >= 15 is 0 Å². The molecule has 0 aromatic rings. The van der Waals surface area contributed by atoms with E-state index in [1.54, 1.807) is 0 Å².